The van der Waals surface area contributed by atoms with Crippen molar-refractivity contribution in [3.05, 3.63) is 53.1 Å². The molecule has 1 aromatic heterocycles. The van der Waals surface area contributed by atoms with Gasteiger partial charge in [-0.3, -0.25) is 14.9 Å². The summed E-state index contributed by atoms with van der Waals surface area (Å²) < 4.78 is 3.51. The number of aryl methyl sites for hydroxylation is 1. The molecule has 0 fully saturated rings. The number of imidazole rings is 1. The molecule has 20 heavy (non-hydrogen) atoms. The molecule has 106 valence electrons. The van der Waals surface area contributed by atoms with E-state index in [1.54, 1.807) is 40.0 Å². The standard InChI is InChI=1S/C12H11N3O4.BrH/c16-12(17)5-6-13-7-8-14(9-13)10-1-3-11(4-2-10)15(18)19;/h1-4,7-9H,5-6H2;1H. The topological polar surface area (TPSA) is 89.2 Å². The van der Waals surface area contributed by atoms with Crippen LogP contribution in [0.4, 0.5) is 5.69 Å². The van der Waals surface area contributed by atoms with E-state index >= 15 is 0 Å². The number of hydrogen-bond donors (Lipinski definition) is 1. The van der Waals surface area contributed by atoms with E-state index in [0.717, 1.165) is 5.69 Å². The lowest BCUT2D eigenvalue weighted by Gasteiger charge is -1.95. The third-order valence-corrected chi connectivity index (χ3v) is 2.63. The van der Waals surface area contributed by atoms with Crippen LogP contribution >= 0.6 is 0 Å². The number of rotatable bonds is 5. The Morgan fingerprint density at radius 1 is 1.35 bits per heavy atom. The fourth-order valence-electron chi connectivity index (χ4n) is 1.65. The molecule has 0 bridgehead atoms. The second-order valence-corrected chi connectivity index (χ2v) is 3.98. The molecule has 0 spiro atoms. The van der Waals surface area contributed by atoms with Gasteiger partial charge in [-0.2, -0.15) is 0 Å². The summed E-state index contributed by atoms with van der Waals surface area (Å²) >= 11 is 0. The first-order valence-corrected chi connectivity index (χ1v) is 5.60. The molecule has 1 heterocycles. The van der Waals surface area contributed by atoms with E-state index in [1.165, 1.54) is 12.1 Å². The van der Waals surface area contributed by atoms with E-state index in [9.17, 15) is 14.9 Å². The first-order chi connectivity index (χ1) is 9.06. The molecule has 2 aromatic rings. The average Bonchev–Trinajstić information content (AvgIpc) is 2.85. The molecule has 0 unspecified atom stereocenters. The minimum Gasteiger partial charge on any atom is -1.00 e. The maximum Gasteiger partial charge on any atom is 0.307 e. The smallest absolute Gasteiger partial charge is 0.307 e. The molecule has 1 N–H and O–H groups in total. The Morgan fingerprint density at radius 2 is 2.00 bits per heavy atom. The molecule has 0 aliphatic heterocycles. The normalized spacial score (nSPS) is 9.80. The molecule has 2 rings (SSSR count). The van der Waals surface area contributed by atoms with Crippen molar-refractivity contribution in [3.63, 3.8) is 0 Å². The van der Waals surface area contributed by atoms with Gasteiger partial charge in [-0.25, -0.2) is 9.13 Å². The van der Waals surface area contributed by atoms with E-state index in [0.29, 0.717) is 6.54 Å². The number of nitrogens with zero attached hydrogens (tertiary/aromatic N) is 3. The number of aliphatic carboxylic acids is 1. The fourth-order valence-corrected chi connectivity index (χ4v) is 1.65. The number of carboxylic acids is 1. The molecule has 0 saturated heterocycles. The largest absolute Gasteiger partial charge is 1.00 e. The van der Waals surface area contributed by atoms with Gasteiger partial charge in [0.2, 0.25) is 6.33 Å². The lowest BCUT2D eigenvalue weighted by atomic mass is 10.3. The first-order valence-electron chi connectivity index (χ1n) is 5.60. The monoisotopic (exact) mass is 341 g/mol. The van der Waals surface area contributed by atoms with Crippen molar-refractivity contribution in [1.29, 1.82) is 0 Å². The minimum atomic E-state index is -0.851. The van der Waals surface area contributed by atoms with Gasteiger partial charge in [0, 0.05) is 12.1 Å². The van der Waals surface area contributed by atoms with Crippen LogP contribution < -0.4 is 21.5 Å². The Kier molecular flexibility index (Phi) is 5.39. The summed E-state index contributed by atoms with van der Waals surface area (Å²) in [4.78, 5) is 20.6. The van der Waals surface area contributed by atoms with Crippen molar-refractivity contribution in [2.45, 2.75) is 13.0 Å². The molecule has 1 aromatic carbocycles. The molecular formula is C12H12BrN3O4. The Hall–Kier alpha value is -2.22. The Morgan fingerprint density at radius 3 is 2.55 bits per heavy atom. The zero-order valence-corrected chi connectivity index (χ0v) is 11.9. The number of carboxylic acid groups (broad SMARTS) is 1. The van der Waals surface area contributed by atoms with Gasteiger partial charge in [-0.05, 0) is 12.1 Å². The number of non-ortho nitro benzene ring substituents is 1. The van der Waals surface area contributed by atoms with Crippen LogP contribution in [-0.2, 0) is 11.3 Å². The summed E-state index contributed by atoms with van der Waals surface area (Å²) in [6, 6.07) is 6.13. The van der Waals surface area contributed by atoms with Crippen LogP contribution in [-0.4, -0.2) is 20.6 Å². The first kappa shape index (κ1) is 15.8. The lowest BCUT2D eigenvalue weighted by Crippen LogP contribution is -3.00. The molecule has 0 saturated carbocycles. The van der Waals surface area contributed by atoms with Crippen molar-refractivity contribution >= 4 is 11.7 Å². The molecule has 0 aliphatic carbocycles. The predicted octanol–water partition coefficient (Wildman–Crippen LogP) is -1.85. The van der Waals surface area contributed by atoms with Gasteiger partial charge in [-0.15, -0.1) is 0 Å². The predicted molar refractivity (Wildman–Crippen MR) is 64.9 cm³/mol. The van der Waals surface area contributed by atoms with Crippen LogP contribution in [0.2, 0.25) is 0 Å². The van der Waals surface area contributed by atoms with Crippen LogP contribution in [0.1, 0.15) is 6.42 Å². The maximum absolute atomic E-state index is 10.5. The summed E-state index contributed by atoms with van der Waals surface area (Å²) in [7, 11) is 0. The second-order valence-electron chi connectivity index (χ2n) is 3.98. The Labute approximate surface area is 125 Å². The van der Waals surface area contributed by atoms with Gasteiger partial charge < -0.3 is 22.1 Å². The maximum atomic E-state index is 10.5. The minimum absolute atomic E-state index is 0. The van der Waals surface area contributed by atoms with Crippen LogP contribution in [0.5, 0.6) is 0 Å². The number of benzene rings is 1. The number of nitro groups is 1. The number of halogens is 1. The highest BCUT2D eigenvalue weighted by atomic mass is 79.9. The number of nitro benzene ring substituents is 1. The molecule has 0 radical (unpaired) electrons. The quantitative estimate of drug-likeness (QED) is 0.393. The summed E-state index contributed by atoms with van der Waals surface area (Å²) in [5.74, 6) is -0.851. The second kappa shape index (κ2) is 6.80. The molecule has 0 aliphatic rings. The van der Waals surface area contributed by atoms with Crippen molar-refractivity contribution in [2.75, 3.05) is 0 Å². The van der Waals surface area contributed by atoms with Crippen molar-refractivity contribution < 1.29 is 36.4 Å². The highest BCUT2D eigenvalue weighted by molar-refractivity contribution is 5.66. The van der Waals surface area contributed by atoms with Gasteiger partial charge in [-0.1, -0.05) is 0 Å². The summed E-state index contributed by atoms with van der Waals surface area (Å²) in [5.41, 5.74) is 0.814. The molecular weight excluding hydrogens is 330 g/mol. The van der Waals surface area contributed by atoms with E-state index in [2.05, 4.69) is 0 Å². The molecule has 7 nitrogen and oxygen atoms in total. The fraction of sp³-hybridized carbons (Fsp3) is 0.167. The van der Waals surface area contributed by atoms with Crippen LogP contribution in [0, 0.1) is 10.1 Å². The van der Waals surface area contributed by atoms with Crippen LogP contribution in [0.3, 0.4) is 0 Å². The molecule has 0 amide bonds. The lowest BCUT2D eigenvalue weighted by molar-refractivity contribution is -0.695. The zero-order valence-electron chi connectivity index (χ0n) is 10.3. The number of carbonyl (C=O) groups is 1. The third kappa shape index (κ3) is 3.89. The van der Waals surface area contributed by atoms with E-state index in [4.69, 9.17) is 5.11 Å². The highest BCUT2D eigenvalue weighted by Crippen LogP contribution is 2.14. The van der Waals surface area contributed by atoms with E-state index in [-0.39, 0.29) is 29.1 Å². The molecule has 8 heteroatoms. The third-order valence-electron chi connectivity index (χ3n) is 2.63. The zero-order chi connectivity index (χ0) is 13.8. The van der Waals surface area contributed by atoms with Crippen molar-refractivity contribution in [2.24, 2.45) is 0 Å². The van der Waals surface area contributed by atoms with Gasteiger partial charge >= 0.3 is 5.97 Å². The summed E-state index contributed by atoms with van der Waals surface area (Å²) in [6.07, 6.45) is 5.31. The van der Waals surface area contributed by atoms with Crippen LogP contribution in [0.25, 0.3) is 5.69 Å². The van der Waals surface area contributed by atoms with Gasteiger partial charge in [0.25, 0.3) is 5.69 Å². The van der Waals surface area contributed by atoms with E-state index < -0.39 is 10.9 Å². The van der Waals surface area contributed by atoms with Crippen molar-refractivity contribution in [1.82, 2.24) is 4.57 Å². The van der Waals surface area contributed by atoms with Gasteiger partial charge in [0.15, 0.2) is 0 Å². The Balaban J connectivity index is 0.00000200. The molecule has 0 atom stereocenters. The van der Waals surface area contributed by atoms with E-state index in [1.807, 2.05) is 0 Å². The van der Waals surface area contributed by atoms with Gasteiger partial charge in [0.05, 0.1) is 11.3 Å². The van der Waals surface area contributed by atoms with Crippen molar-refractivity contribution in [3.8, 4) is 5.69 Å². The highest BCUT2D eigenvalue weighted by Gasteiger charge is 2.10. The van der Waals surface area contributed by atoms with Crippen LogP contribution in [0.15, 0.2) is 43.0 Å². The average molecular weight is 342 g/mol. The summed E-state index contributed by atoms with van der Waals surface area (Å²) in [6.45, 7) is 0.384. The Bertz CT molecular complexity index is 609. The number of hydrogen-bond acceptors (Lipinski definition) is 3. The van der Waals surface area contributed by atoms with Gasteiger partial charge in [0.1, 0.15) is 24.6 Å². The number of aromatic nitrogens is 2. The SMILES string of the molecule is O=C(O)CC[n+]1ccn(-c2ccc([N+](=O)[O-])cc2)c1.[Br-]. The summed E-state index contributed by atoms with van der Waals surface area (Å²) in [5, 5.41) is 19.1.